The van der Waals surface area contributed by atoms with E-state index in [1.807, 2.05) is 25.4 Å². The smallest absolute Gasteiger partial charge is 0.316 e. The summed E-state index contributed by atoms with van der Waals surface area (Å²) in [5.41, 5.74) is 1.07. The zero-order valence-corrected chi connectivity index (χ0v) is 15.7. The van der Waals surface area contributed by atoms with Gasteiger partial charge >= 0.3 is 6.01 Å². The first kappa shape index (κ1) is 18.8. The maximum Gasteiger partial charge on any atom is 0.316 e. The number of hydrogen-bond donors (Lipinski definition) is 0. The second-order valence-electron chi connectivity index (χ2n) is 6.61. The van der Waals surface area contributed by atoms with Gasteiger partial charge in [0.05, 0.1) is 26.9 Å². The number of methoxy groups -OCH3 is 1. The highest BCUT2D eigenvalue weighted by Gasteiger charge is 2.13. The molecule has 2 aromatic rings. The van der Waals surface area contributed by atoms with Gasteiger partial charge in [-0.15, -0.1) is 0 Å². The van der Waals surface area contributed by atoms with Crippen molar-refractivity contribution in [3.63, 3.8) is 0 Å². The number of hydrogen-bond acceptors (Lipinski definition) is 7. The van der Waals surface area contributed by atoms with Gasteiger partial charge in [0, 0.05) is 44.1 Å². The van der Waals surface area contributed by atoms with Crippen molar-refractivity contribution < 1.29 is 13.9 Å². The van der Waals surface area contributed by atoms with Gasteiger partial charge in [-0.2, -0.15) is 0 Å². The maximum atomic E-state index is 5.76. The molecule has 0 atom stereocenters. The predicted octanol–water partition coefficient (Wildman–Crippen LogP) is 2.11. The van der Waals surface area contributed by atoms with Crippen molar-refractivity contribution in [1.29, 1.82) is 0 Å². The van der Waals surface area contributed by atoms with Gasteiger partial charge in [0.2, 0.25) is 0 Å². The Morgan fingerprint density at radius 1 is 1.15 bits per heavy atom. The number of rotatable bonds is 9. The van der Waals surface area contributed by atoms with E-state index in [2.05, 4.69) is 25.8 Å². The van der Waals surface area contributed by atoms with Crippen LogP contribution in [-0.4, -0.2) is 66.3 Å². The van der Waals surface area contributed by atoms with Gasteiger partial charge in [-0.3, -0.25) is 9.80 Å². The van der Waals surface area contributed by atoms with Gasteiger partial charge in [0.15, 0.2) is 0 Å². The zero-order chi connectivity index (χ0) is 18.2. The minimum Gasteiger partial charge on any atom is -0.467 e. The van der Waals surface area contributed by atoms with E-state index >= 15 is 0 Å². The molecular weight excluding hydrogens is 332 g/mol. The molecule has 0 radical (unpaired) electrons. The third-order valence-corrected chi connectivity index (χ3v) is 4.50. The molecule has 0 amide bonds. The molecule has 0 spiro atoms. The molecule has 0 bridgehead atoms. The topological polar surface area (TPSA) is 63.9 Å². The van der Waals surface area contributed by atoms with Crippen LogP contribution >= 0.6 is 0 Å². The highest BCUT2D eigenvalue weighted by atomic mass is 16.5. The Bertz CT molecular complexity index is 653. The molecule has 26 heavy (non-hydrogen) atoms. The Morgan fingerprint density at radius 2 is 1.92 bits per heavy atom. The van der Waals surface area contributed by atoms with Crippen LogP contribution in [-0.2, 0) is 17.8 Å². The van der Waals surface area contributed by atoms with Crippen LogP contribution in [0.25, 0.3) is 0 Å². The minimum absolute atomic E-state index is 0.397. The molecule has 3 rings (SSSR count). The van der Waals surface area contributed by atoms with E-state index < -0.39 is 0 Å². The van der Waals surface area contributed by atoms with Gasteiger partial charge in [0.25, 0.3) is 0 Å². The van der Waals surface area contributed by atoms with E-state index in [9.17, 15) is 0 Å². The number of ether oxygens (including phenoxy) is 2. The Morgan fingerprint density at radius 3 is 2.58 bits per heavy atom. The first-order chi connectivity index (χ1) is 12.7. The molecule has 7 heteroatoms. The van der Waals surface area contributed by atoms with Crippen LogP contribution in [0.1, 0.15) is 23.5 Å². The molecule has 0 unspecified atom stereocenters. The molecule has 1 fully saturated rings. The molecule has 3 heterocycles. The number of aryl methyl sites for hydroxylation is 1. The summed E-state index contributed by atoms with van der Waals surface area (Å²) in [6.07, 6.45) is 4.76. The molecule has 2 aromatic heterocycles. The van der Waals surface area contributed by atoms with Gasteiger partial charge in [-0.25, -0.2) is 9.97 Å². The second-order valence-corrected chi connectivity index (χ2v) is 6.61. The largest absolute Gasteiger partial charge is 0.467 e. The van der Waals surface area contributed by atoms with E-state index in [1.54, 1.807) is 7.11 Å². The minimum atomic E-state index is 0.397. The molecule has 7 nitrogen and oxygen atoms in total. The Balaban J connectivity index is 1.56. The molecule has 142 valence electrons. The summed E-state index contributed by atoms with van der Waals surface area (Å²) in [5.74, 6) is 1.93. The van der Waals surface area contributed by atoms with Crippen LogP contribution in [0.2, 0.25) is 0 Å². The zero-order valence-electron chi connectivity index (χ0n) is 15.7. The summed E-state index contributed by atoms with van der Waals surface area (Å²) >= 11 is 0. The van der Waals surface area contributed by atoms with Gasteiger partial charge < -0.3 is 13.9 Å². The van der Waals surface area contributed by atoms with Crippen LogP contribution in [0.3, 0.4) is 0 Å². The fourth-order valence-electron chi connectivity index (χ4n) is 3.14. The molecule has 1 aliphatic rings. The predicted molar refractivity (Wildman–Crippen MR) is 98.0 cm³/mol. The molecule has 0 aromatic carbocycles. The van der Waals surface area contributed by atoms with Crippen molar-refractivity contribution >= 4 is 0 Å². The van der Waals surface area contributed by atoms with Crippen LogP contribution in [0.4, 0.5) is 0 Å². The van der Waals surface area contributed by atoms with Gasteiger partial charge in [0.1, 0.15) is 11.5 Å². The highest BCUT2D eigenvalue weighted by molar-refractivity contribution is 5.09. The summed E-state index contributed by atoms with van der Waals surface area (Å²) in [5, 5.41) is 0. The summed E-state index contributed by atoms with van der Waals surface area (Å²) in [4.78, 5) is 13.3. The fourth-order valence-corrected chi connectivity index (χ4v) is 3.14. The average molecular weight is 360 g/mol. The fraction of sp³-hybridized carbons (Fsp3) is 0.579. The molecule has 0 saturated carbocycles. The van der Waals surface area contributed by atoms with Crippen molar-refractivity contribution in [2.45, 2.75) is 26.4 Å². The van der Waals surface area contributed by atoms with Crippen molar-refractivity contribution in [3.05, 3.63) is 41.6 Å². The van der Waals surface area contributed by atoms with E-state index in [0.717, 1.165) is 76.0 Å². The summed E-state index contributed by atoms with van der Waals surface area (Å²) in [7, 11) is 1.58. The van der Waals surface area contributed by atoms with Crippen molar-refractivity contribution in [3.8, 4) is 6.01 Å². The van der Waals surface area contributed by atoms with Crippen LogP contribution in [0.5, 0.6) is 6.01 Å². The van der Waals surface area contributed by atoms with E-state index in [0.29, 0.717) is 6.01 Å². The van der Waals surface area contributed by atoms with E-state index in [-0.39, 0.29) is 0 Å². The quantitative estimate of drug-likeness (QED) is 0.678. The molecule has 0 aliphatic carbocycles. The first-order valence-corrected chi connectivity index (χ1v) is 9.15. The summed E-state index contributed by atoms with van der Waals surface area (Å²) in [6, 6.07) is 4.46. The molecule has 0 N–H and O–H groups in total. The lowest BCUT2D eigenvalue weighted by Crippen LogP contribution is -2.38. The van der Waals surface area contributed by atoms with E-state index in [1.165, 1.54) is 0 Å². The summed E-state index contributed by atoms with van der Waals surface area (Å²) in [6.45, 7) is 9.38. The van der Waals surface area contributed by atoms with E-state index in [4.69, 9.17) is 13.9 Å². The van der Waals surface area contributed by atoms with Crippen LogP contribution < -0.4 is 4.74 Å². The number of morpholine rings is 1. The van der Waals surface area contributed by atoms with Crippen molar-refractivity contribution in [2.75, 3.05) is 46.5 Å². The normalized spacial score (nSPS) is 15.5. The SMILES string of the molecule is COc1ncc(CN(CCCN2CCOCC2)Cc2ccc(C)o2)cn1. The summed E-state index contributed by atoms with van der Waals surface area (Å²) < 4.78 is 16.2. The lowest BCUT2D eigenvalue weighted by atomic mass is 10.2. The maximum absolute atomic E-state index is 5.76. The Hall–Kier alpha value is -1.96. The third-order valence-electron chi connectivity index (χ3n) is 4.50. The molecule has 1 saturated heterocycles. The van der Waals surface area contributed by atoms with Gasteiger partial charge in [-0.05, 0) is 32.0 Å². The first-order valence-electron chi connectivity index (χ1n) is 9.15. The van der Waals surface area contributed by atoms with Crippen molar-refractivity contribution in [2.24, 2.45) is 0 Å². The van der Waals surface area contributed by atoms with Gasteiger partial charge in [-0.1, -0.05) is 0 Å². The monoisotopic (exact) mass is 360 g/mol. The van der Waals surface area contributed by atoms with Crippen LogP contribution in [0.15, 0.2) is 28.9 Å². The molecular formula is C19H28N4O3. The third kappa shape index (κ3) is 5.79. The number of nitrogens with zero attached hydrogens (tertiary/aromatic N) is 4. The lowest BCUT2D eigenvalue weighted by Gasteiger charge is -2.28. The Kier molecular flexibility index (Phi) is 6.99. The van der Waals surface area contributed by atoms with Crippen LogP contribution in [0, 0.1) is 6.92 Å². The Labute approximate surface area is 154 Å². The molecule has 1 aliphatic heterocycles. The highest BCUT2D eigenvalue weighted by Crippen LogP contribution is 2.13. The number of aromatic nitrogens is 2. The lowest BCUT2D eigenvalue weighted by molar-refractivity contribution is 0.0358. The van der Waals surface area contributed by atoms with Crippen molar-refractivity contribution in [1.82, 2.24) is 19.8 Å². The average Bonchev–Trinajstić information content (AvgIpc) is 3.08. The standard InChI is InChI=1S/C19H28N4O3/c1-16-4-5-18(26-16)15-23(7-3-6-22-8-10-25-11-9-22)14-17-12-20-19(24-2)21-13-17/h4-5,12-13H,3,6-11,14-15H2,1-2H3. The number of furan rings is 1. The second kappa shape index (κ2) is 9.66.